The maximum Gasteiger partial charge on any atom is 0.416 e. The van der Waals surface area contributed by atoms with Crippen LogP contribution in [0.15, 0.2) is 54.7 Å². The third-order valence-corrected chi connectivity index (χ3v) is 8.37. The number of alkyl halides is 3. The molecule has 11 heteroatoms. The van der Waals surface area contributed by atoms with Crippen molar-refractivity contribution >= 4 is 28.6 Å². The molecule has 0 spiro atoms. The lowest BCUT2D eigenvalue weighted by molar-refractivity contribution is -0.137. The SMILES string of the molecule is COc1cc(C(F)(F)F)ccc1-c1cccc2cnc(Nc3ccc(C4CCN(C(=O)OC(C)(C)C)CC4)c4c3O[C@H](C)C4)nc12. The molecule has 1 N–H and O–H groups in total. The van der Waals surface area contributed by atoms with Crippen molar-refractivity contribution in [3.05, 3.63) is 71.4 Å². The normalized spacial score (nSPS) is 17.0. The molecule has 3 aromatic carbocycles. The van der Waals surface area contributed by atoms with Gasteiger partial charge in [0.05, 0.1) is 23.9 Å². The van der Waals surface area contributed by atoms with Crippen LogP contribution in [0.2, 0.25) is 0 Å². The van der Waals surface area contributed by atoms with E-state index in [0.717, 1.165) is 53.8 Å². The van der Waals surface area contributed by atoms with Crippen LogP contribution in [-0.4, -0.2) is 52.9 Å². The highest BCUT2D eigenvalue weighted by Gasteiger charge is 2.33. The molecule has 2 aliphatic heterocycles. The zero-order valence-corrected chi connectivity index (χ0v) is 26.5. The van der Waals surface area contributed by atoms with Crippen LogP contribution in [0.1, 0.15) is 63.1 Å². The fourth-order valence-corrected chi connectivity index (χ4v) is 6.24. The van der Waals surface area contributed by atoms with Gasteiger partial charge in [-0.3, -0.25) is 0 Å². The van der Waals surface area contributed by atoms with Crippen LogP contribution >= 0.6 is 0 Å². The van der Waals surface area contributed by atoms with Crippen molar-refractivity contribution in [2.45, 2.75) is 70.8 Å². The maximum atomic E-state index is 13.4. The minimum Gasteiger partial charge on any atom is -0.496 e. The molecule has 4 aromatic rings. The summed E-state index contributed by atoms with van der Waals surface area (Å²) in [5.74, 6) is 1.48. The number of hydrogen-bond acceptors (Lipinski definition) is 7. The number of aromatic nitrogens is 2. The van der Waals surface area contributed by atoms with Crippen molar-refractivity contribution in [2.24, 2.45) is 0 Å². The van der Waals surface area contributed by atoms with E-state index in [4.69, 9.17) is 19.2 Å². The fourth-order valence-electron chi connectivity index (χ4n) is 6.24. The van der Waals surface area contributed by atoms with Gasteiger partial charge in [-0.25, -0.2) is 14.8 Å². The second-order valence-electron chi connectivity index (χ2n) is 12.9. The summed E-state index contributed by atoms with van der Waals surface area (Å²) in [5, 5.41) is 4.06. The quantitative estimate of drug-likeness (QED) is 0.236. The van der Waals surface area contributed by atoms with Crippen molar-refractivity contribution in [2.75, 3.05) is 25.5 Å². The number of hydrogen-bond donors (Lipinski definition) is 1. The standard InChI is InChI=1S/C35H37F3N4O4/c1-20-17-27-24(21-13-15-42(16-14-21)33(43)46-34(2,3)4)11-12-28(31(27)45-20)40-32-39-19-22-7-6-8-26(30(22)41-32)25-10-9-23(35(36,37)38)18-29(25)44-5/h6-12,18-21H,13-17H2,1-5H3,(H,39,40,41)/t20-/m1/s1. The number of nitrogens with one attached hydrogen (secondary N) is 1. The molecular weight excluding hydrogens is 597 g/mol. The summed E-state index contributed by atoms with van der Waals surface area (Å²) < 4.78 is 57.4. The topological polar surface area (TPSA) is 85.8 Å². The van der Waals surface area contributed by atoms with E-state index in [1.807, 2.05) is 45.9 Å². The molecule has 0 unspecified atom stereocenters. The first-order valence-electron chi connectivity index (χ1n) is 15.4. The van der Waals surface area contributed by atoms with Gasteiger partial charge in [0.15, 0.2) is 0 Å². The van der Waals surface area contributed by atoms with Gasteiger partial charge in [-0.2, -0.15) is 13.2 Å². The highest BCUT2D eigenvalue weighted by Crippen LogP contribution is 2.44. The molecule has 6 rings (SSSR count). The molecule has 3 heterocycles. The summed E-state index contributed by atoms with van der Waals surface area (Å²) in [4.78, 5) is 23.7. The van der Waals surface area contributed by atoms with E-state index < -0.39 is 17.3 Å². The smallest absolute Gasteiger partial charge is 0.416 e. The Labute approximate surface area is 265 Å². The third kappa shape index (κ3) is 6.41. The average Bonchev–Trinajstić information content (AvgIpc) is 3.41. The minimum absolute atomic E-state index is 0.00480. The number of anilines is 2. The largest absolute Gasteiger partial charge is 0.496 e. The number of amides is 1. The lowest BCUT2D eigenvalue weighted by Gasteiger charge is -2.34. The predicted molar refractivity (Wildman–Crippen MR) is 170 cm³/mol. The highest BCUT2D eigenvalue weighted by molar-refractivity contribution is 5.95. The number of methoxy groups -OCH3 is 1. The van der Waals surface area contributed by atoms with E-state index in [-0.39, 0.29) is 23.9 Å². The molecule has 2 aliphatic rings. The van der Waals surface area contributed by atoms with Gasteiger partial charge in [-0.15, -0.1) is 0 Å². The molecule has 0 bridgehead atoms. The Morgan fingerprint density at radius 2 is 1.80 bits per heavy atom. The van der Waals surface area contributed by atoms with Crippen LogP contribution in [0.5, 0.6) is 11.5 Å². The molecule has 1 amide bonds. The molecule has 0 radical (unpaired) electrons. The molecule has 1 fully saturated rings. The van der Waals surface area contributed by atoms with E-state index in [1.54, 1.807) is 17.2 Å². The first-order chi connectivity index (χ1) is 21.8. The first-order valence-corrected chi connectivity index (χ1v) is 15.4. The van der Waals surface area contributed by atoms with Crippen LogP contribution < -0.4 is 14.8 Å². The molecule has 8 nitrogen and oxygen atoms in total. The molecule has 1 saturated heterocycles. The van der Waals surface area contributed by atoms with Crippen LogP contribution in [0.4, 0.5) is 29.6 Å². The molecule has 242 valence electrons. The number of piperidine rings is 1. The van der Waals surface area contributed by atoms with Gasteiger partial charge >= 0.3 is 12.3 Å². The van der Waals surface area contributed by atoms with Crippen molar-refractivity contribution in [1.29, 1.82) is 0 Å². The van der Waals surface area contributed by atoms with E-state index in [2.05, 4.69) is 16.4 Å². The Hall–Kier alpha value is -4.54. The Bertz CT molecular complexity index is 1780. The van der Waals surface area contributed by atoms with Crippen molar-refractivity contribution in [3.63, 3.8) is 0 Å². The third-order valence-electron chi connectivity index (χ3n) is 8.37. The number of rotatable bonds is 5. The van der Waals surface area contributed by atoms with Crippen molar-refractivity contribution in [3.8, 4) is 22.6 Å². The zero-order chi connectivity index (χ0) is 32.8. The Kier molecular flexibility index (Phi) is 8.20. The van der Waals surface area contributed by atoms with Gasteiger partial charge in [0.2, 0.25) is 5.95 Å². The predicted octanol–water partition coefficient (Wildman–Crippen LogP) is 8.51. The average molecular weight is 635 g/mol. The van der Waals surface area contributed by atoms with Gasteiger partial charge in [0, 0.05) is 47.8 Å². The number of fused-ring (bicyclic) bond motifs is 2. The molecule has 0 saturated carbocycles. The van der Waals surface area contributed by atoms with Crippen LogP contribution in [0.3, 0.4) is 0 Å². The lowest BCUT2D eigenvalue weighted by atomic mass is 9.85. The summed E-state index contributed by atoms with van der Waals surface area (Å²) >= 11 is 0. The van der Waals surface area contributed by atoms with Crippen LogP contribution in [0.25, 0.3) is 22.0 Å². The van der Waals surface area contributed by atoms with Crippen LogP contribution in [0, 0.1) is 0 Å². The van der Waals surface area contributed by atoms with E-state index in [0.29, 0.717) is 35.7 Å². The Morgan fingerprint density at radius 3 is 2.50 bits per heavy atom. The first kappa shape index (κ1) is 31.4. The number of benzene rings is 3. The monoisotopic (exact) mass is 634 g/mol. The number of carbonyl (C=O) groups excluding carboxylic acids is 1. The summed E-state index contributed by atoms with van der Waals surface area (Å²) in [7, 11) is 1.35. The molecule has 0 aliphatic carbocycles. The molecular formula is C35H37F3N4O4. The summed E-state index contributed by atoms with van der Waals surface area (Å²) in [6, 6.07) is 13.0. The summed E-state index contributed by atoms with van der Waals surface area (Å²) in [5.41, 5.74) is 3.47. The van der Waals surface area contributed by atoms with Crippen molar-refractivity contribution in [1.82, 2.24) is 14.9 Å². The van der Waals surface area contributed by atoms with Crippen LogP contribution in [-0.2, 0) is 17.3 Å². The fraction of sp³-hybridized carbons (Fsp3) is 0.400. The lowest BCUT2D eigenvalue weighted by Crippen LogP contribution is -2.41. The van der Waals surface area contributed by atoms with Gasteiger partial charge < -0.3 is 24.4 Å². The summed E-state index contributed by atoms with van der Waals surface area (Å²) in [6.07, 6.45) is -0.660. The van der Waals surface area contributed by atoms with Gasteiger partial charge in [0.1, 0.15) is 23.2 Å². The van der Waals surface area contributed by atoms with E-state index >= 15 is 0 Å². The Balaban J connectivity index is 1.27. The number of likely N-dealkylation sites (tertiary alicyclic amines) is 1. The van der Waals surface area contributed by atoms with E-state index in [1.165, 1.54) is 18.7 Å². The number of nitrogens with zero attached hydrogens (tertiary/aromatic N) is 3. The van der Waals surface area contributed by atoms with Gasteiger partial charge in [-0.1, -0.05) is 24.3 Å². The second-order valence-corrected chi connectivity index (χ2v) is 12.9. The van der Waals surface area contributed by atoms with E-state index in [9.17, 15) is 18.0 Å². The van der Waals surface area contributed by atoms with Crippen molar-refractivity contribution < 1.29 is 32.2 Å². The Morgan fingerprint density at radius 1 is 1.04 bits per heavy atom. The number of para-hydroxylation sites is 1. The highest BCUT2D eigenvalue weighted by atomic mass is 19.4. The number of halogens is 3. The minimum atomic E-state index is -4.49. The molecule has 46 heavy (non-hydrogen) atoms. The number of carbonyl (C=O) groups is 1. The number of ether oxygens (including phenoxy) is 3. The zero-order valence-electron chi connectivity index (χ0n) is 26.5. The maximum absolute atomic E-state index is 13.4. The van der Waals surface area contributed by atoms with Gasteiger partial charge in [-0.05, 0) is 76.3 Å². The second kappa shape index (κ2) is 12.0. The molecule has 1 aromatic heterocycles. The van der Waals surface area contributed by atoms with Gasteiger partial charge in [0.25, 0.3) is 0 Å². The molecule has 1 atom stereocenters. The summed E-state index contributed by atoms with van der Waals surface area (Å²) in [6.45, 7) is 8.90.